The Kier molecular flexibility index (Phi) is 4.03. The predicted octanol–water partition coefficient (Wildman–Crippen LogP) is 2.73. The van der Waals surface area contributed by atoms with Gasteiger partial charge in [-0.15, -0.1) is 0 Å². The van der Waals surface area contributed by atoms with Crippen LogP contribution in [0.3, 0.4) is 0 Å². The monoisotopic (exact) mass is 348 g/mol. The van der Waals surface area contributed by atoms with Gasteiger partial charge >= 0.3 is 0 Å². The number of carbonyl (C=O) groups excluding carboxylic acids is 3. The van der Waals surface area contributed by atoms with E-state index in [0.29, 0.717) is 6.07 Å². The Hall–Kier alpha value is -3.16. The number of benzene rings is 2. The number of fused-ring (bicyclic) bond motifs is 1. The van der Waals surface area contributed by atoms with Gasteiger partial charge in [0.25, 0.3) is 11.8 Å². The molecule has 1 N–H and O–H groups in total. The summed E-state index contributed by atoms with van der Waals surface area (Å²) in [5.41, 5.74) is -0.273. The highest BCUT2D eigenvalue weighted by Gasteiger charge is 2.40. The third-order valence-corrected chi connectivity index (χ3v) is 3.89. The first-order chi connectivity index (χ1) is 11.8. The summed E-state index contributed by atoms with van der Waals surface area (Å²) in [5.74, 6) is -6.93. The van der Waals surface area contributed by atoms with Crippen LogP contribution < -0.4 is 5.32 Å². The lowest BCUT2D eigenvalue weighted by Gasteiger charge is -2.21. The largest absolute Gasteiger partial charge is 0.322 e. The van der Waals surface area contributed by atoms with Crippen LogP contribution in [0.1, 0.15) is 27.6 Å². The molecule has 3 amide bonds. The van der Waals surface area contributed by atoms with Gasteiger partial charge in [-0.25, -0.2) is 13.2 Å². The number of imide groups is 1. The number of hydrogen-bond acceptors (Lipinski definition) is 3. The first kappa shape index (κ1) is 16.7. The zero-order valence-corrected chi connectivity index (χ0v) is 12.8. The van der Waals surface area contributed by atoms with E-state index in [-0.39, 0.29) is 11.1 Å². The van der Waals surface area contributed by atoms with Crippen LogP contribution in [0.25, 0.3) is 0 Å². The molecule has 0 saturated carbocycles. The van der Waals surface area contributed by atoms with E-state index in [9.17, 15) is 27.6 Å². The zero-order chi connectivity index (χ0) is 18.3. The van der Waals surface area contributed by atoms with Crippen molar-refractivity contribution in [1.29, 1.82) is 0 Å². The quantitative estimate of drug-likeness (QED) is 0.685. The summed E-state index contributed by atoms with van der Waals surface area (Å²) in [5, 5.41) is 2.06. The SMILES string of the molecule is CC(C(=O)Nc1ccc(F)c(F)c1F)N1C(=O)c2ccccc2C1=O. The Morgan fingerprint density at radius 1 is 0.960 bits per heavy atom. The minimum absolute atomic E-state index is 0.158. The molecule has 0 saturated heterocycles. The first-order valence-corrected chi connectivity index (χ1v) is 7.24. The Morgan fingerprint density at radius 2 is 1.52 bits per heavy atom. The molecule has 2 aromatic carbocycles. The van der Waals surface area contributed by atoms with Crippen molar-refractivity contribution in [2.45, 2.75) is 13.0 Å². The molecule has 1 atom stereocenters. The molecular weight excluding hydrogens is 337 g/mol. The molecule has 128 valence electrons. The first-order valence-electron chi connectivity index (χ1n) is 7.24. The second-order valence-electron chi connectivity index (χ2n) is 5.41. The molecule has 0 radical (unpaired) electrons. The highest BCUT2D eigenvalue weighted by molar-refractivity contribution is 6.23. The Labute approximate surface area is 140 Å². The van der Waals surface area contributed by atoms with E-state index < -0.39 is 46.9 Å². The Morgan fingerprint density at radius 3 is 2.08 bits per heavy atom. The van der Waals surface area contributed by atoms with E-state index >= 15 is 0 Å². The summed E-state index contributed by atoms with van der Waals surface area (Å²) in [4.78, 5) is 37.6. The van der Waals surface area contributed by atoms with Crippen molar-refractivity contribution < 1.29 is 27.6 Å². The van der Waals surface area contributed by atoms with Crippen LogP contribution in [0.15, 0.2) is 36.4 Å². The van der Waals surface area contributed by atoms with E-state index in [1.165, 1.54) is 19.1 Å². The van der Waals surface area contributed by atoms with Gasteiger partial charge in [0.05, 0.1) is 16.8 Å². The predicted molar refractivity (Wildman–Crippen MR) is 81.3 cm³/mol. The van der Waals surface area contributed by atoms with Gasteiger partial charge in [0, 0.05) is 0 Å². The molecule has 0 bridgehead atoms. The fourth-order valence-electron chi connectivity index (χ4n) is 2.54. The molecular formula is C17H11F3N2O3. The van der Waals surface area contributed by atoms with Gasteiger partial charge in [0.15, 0.2) is 17.5 Å². The van der Waals surface area contributed by atoms with Crippen molar-refractivity contribution in [1.82, 2.24) is 4.90 Å². The number of halogens is 3. The van der Waals surface area contributed by atoms with E-state index in [1.807, 2.05) is 0 Å². The van der Waals surface area contributed by atoms with Gasteiger partial charge in [-0.2, -0.15) is 0 Å². The molecule has 1 heterocycles. The highest BCUT2D eigenvalue weighted by atomic mass is 19.2. The van der Waals surface area contributed by atoms with E-state index in [4.69, 9.17) is 0 Å². The number of carbonyl (C=O) groups is 3. The van der Waals surface area contributed by atoms with Gasteiger partial charge in [-0.3, -0.25) is 19.3 Å². The molecule has 8 heteroatoms. The third-order valence-electron chi connectivity index (χ3n) is 3.89. The van der Waals surface area contributed by atoms with Crippen molar-refractivity contribution in [2.75, 3.05) is 5.32 Å². The molecule has 0 aliphatic carbocycles. The minimum Gasteiger partial charge on any atom is -0.322 e. The second-order valence-corrected chi connectivity index (χ2v) is 5.41. The van der Waals surface area contributed by atoms with Crippen LogP contribution in [0.4, 0.5) is 18.9 Å². The van der Waals surface area contributed by atoms with Gasteiger partial charge in [0.2, 0.25) is 5.91 Å². The zero-order valence-electron chi connectivity index (χ0n) is 12.8. The fourth-order valence-corrected chi connectivity index (χ4v) is 2.54. The van der Waals surface area contributed by atoms with Gasteiger partial charge in [-0.05, 0) is 31.2 Å². The normalized spacial score (nSPS) is 14.5. The van der Waals surface area contributed by atoms with E-state index in [2.05, 4.69) is 5.32 Å². The Bertz CT molecular complexity index is 879. The van der Waals surface area contributed by atoms with Gasteiger partial charge < -0.3 is 5.32 Å². The molecule has 1 aliphatic heterocycles. The van der Waals surface area contributed by atoms with Crippen molar-refractivity contribution in [3.05, 3.63) is 65.0 Å². The standard InChI is InChI=1S/C17H11F3N2O3/c1-8(15(23)21-12-7-6-11(18)13(19)14(12)20)22-16(24)9-4-2-3-5-10(9)17(22)25/h2-8H,1H3,(H,21,23). The topological polar surface area (TPSA) is 66.5 Å². The number of nitrogens with zero attached hydrogens (tertiary/aromatic N) is 1. The second kappa shape index (κ2) is 6.04. The number of nitrogens with one attached hydrogen (secondary N) is 1. The number of anilines is 1. The average molecular weight is 348 g/mol. The van der Waals surface area contributed by atoms with Crippen molar-refractivity contribution in [3.63, 3.8) is 0 Å². The molecule has 1 unspecified atom stereocenters. The molecule has 25 heavy (non-hydrogen) atoms. The minimum atomic E-state index is -1.73. The fraction of sp³-hybridized carbons (Fsp3) is 0.118. The summed E-state index contributed by atoms with van der Waals surface area (Å²) >= 11 is 0. The maximum absolute atomic E-state index is 13.7. The lowest BCUT2D eigenvalue weighted by Crippen LogP contribution is -2.45. The van der Waals surface area contributed by atoms with Crippen LogP contribution in [-0.4, -0.2) is 28.7 Å². The maximum atomic E-state index is 13.7. The van der Waals surface area contributed by atoms with E-state index in [1.54, 1.807) is 12.1 Å². The molecule has 1 aliphatic rings. The average Bonchev–Trinajstić information content (AvgIpc) is 2.86. The number of rotatable bonds is 3. The number of hydrogen-bond donors (Lipinski definition) is 1. The summed E-state index contributed by atoms with van der Waals surface area (Å²) in [6, 6.07) is 6.29. The smallest absolute Gasteiger partial charge is 0.262 e. The molecule has 0 spiro atoms. The summed E-state index contributed by atoms with van der Waals surface area (Å²) in [7, 11) is 0. The molecule has 2 aromatic rings. The molecule has 3 rings (SSSR count). The summed E-state index contributed by atoms with van der Waals surface area (Å²) < 4.78 is 39.8. The highest BCUT2D eigenvalue weighted by Crippen LogP contribution is 2.25. The lowest BCUT2D eigenvalue weighted by atomic mass is 10.1. The van der Waals surface area contributed by atoms with Crippen LogP contribution >= 0.6 is 0 Å². The number of amides is 3. The third kappa shape index (κ3) is 2.65. The van der Waals surface area contributed by atoms with Gasteiger partial charge in [0.1, 0.15) is 6.04 Å². The van der Waals surface area contributed by atoms with Crippen LogP contribution in [-0.2, 0) is 4.79 Å². The van der Waals surface area contributed by atoms with E-state index in [0.717, 1.165) is 11.0 Å². The van der Waals surface area contributed by atoms with Gasteiger partial charge in [-0.1, -0.05) is 12.1 Å². The Balaban J connectivity index is 1.84. The van der Waals surface area contributed by atoms with Crippen molar-refractivity contribution in [2.24, 2.45) is 0 Å². The van der Waals surface area contributed by atoms with Crippen molar-refractivity contribution >= 4 is 23.4 Å². The summed E-state index contributed by atoms with van der Waals surface area (Å²) in [6.07, 6.45) is 0. The molecule has 0 fully saturated rings. The van der Waals surface area contributed by atoms with Crippen molar-refractivity contribution in [3.8, 4) is 0 Å². The van der Waals surface area contributed by atoms with Crippen LogP contribution in [0, 0.1) is 17.5 Å². The lowest BCUT2D eigenvalue weighted by molar-refractivity contribution is -0.119. The van der Waals surface area contributed by atoms with Crippen LogP contribution in [0.5, 0.6) is 0 Å². The summed E-state index contributed by atoms with van der Waals surface area (Å²) in [6.45, 7) is 1.27. The molecule has 0 aromatic heterocycles. The van der Waals surface area contributed by atoms with Crippen LogP contribution in [0.2, 0.25) is 0 Å². The maximum Gasteiger partial charge on any atom is 0.262 e. The molecule has 5 nitrogen and oxygen atoms in total.